The van der Waals surface area contributed by atoms with Crippen molar-refractivity contribution >= 4 is 12.0 Å². The molecule has 2 N–H and O–H groups in total. The van der Waals surface area contributed by atoms with Crippen LogP contribution in [0.25, 0.3) is 0 Å². The second kappa shape index (κ2) is 8.76. The average Bonchev–Trinajstić information content (AvgIpc) is 2.43. The molecular formula is C13H25N3O4. The van der Waals surface area contributed by atoms with Gasteiger partial charge in [0.25, 0.3) is 0 Å². The summed E-state index contributed by atoms with van der Waals surface area (Å²) in [6.45, 7) is 2.61. The Balaban J connectivity index is 2.59. The van der Waals surface area contributed by atoms with Crippen LogP contribution in [0, 0.1) is 5.92 Å². The van der Waals surface area contributed by atoms with Gasteiger partial charge in [-0.25, -0.2) is 4.79 Å². The first-order chi connectivity index (χ1) is 9.58. The van der Waals surface area contributed by atoms with Crippen LogP contribution in [0.3, 0.4) is 0 Å². The number of methoxy groups -OCH3 is 1. The van der Waals surface area contributed by atoms with E-state index in [1.54, 1.807) is 4.90 Å². The van der Waals surface area contributed by atoms with Gasteiger partial charge in [-0.1, -0.05) is 0 Å². The normalized spacial score (nSPS) is 18.9. The second-order valence-corrected chi connectivity index (χ2v) is 5.10. The van der Waals surface area contributed by atoms with Gasteiger partial charge >= 0.3 is 12.0 Å². The van der Waals surface area contributed by atoms with E-state index >= 15 is 0 Å². The van der Waals surface area contributed by atoms with E-state index in [0.717, 1.165) is 19.4 Å². The monoisotopic (exact) mass is 287 g/mol. The summed E-state index contributed by atoms with van der Waals surface area (Å²) >= 11 is 0. The first-order valence-electron chi connectivity index (χ1n) is 6.97. The number of piperidine rings is 1. The molecule has 7 nitrogen and oxygen atoms in total. The summed E-state index contributed by atoms with van der Waals surface area (Å²) in [6, 6.07) is -0.203. The van der Waals surface area contributed by atoms with Crippen molar-refractivity contribution in [2.24, 2.45) is 5.92 Å². The highest BCUT2D eigenvalue weighted by molar-refractivity contribution is 5.80. The molecule has 0 radical (unpaired) electrons. The highest BCUT2D eigenvalue weighted by Gasteiger charge is 2.27. The fourth-order valence-electron chi connectivity index (χ4n) is 2.50. The van der Waals surface area contributed by atoms with Crippen LogP contribution >= 0.6 is 0 Å². The van der Waals surface area contributed by atoms with Gasteiger partial charge in [0, 0.05) is 26.7 Å². The molecule has 0 spiro atoms. The number of ether oxygens (including phenoxy) is 1. The minimum Gasteiger partial charge on any atom is -0.480 e. The zero-order valence-electron chi connectivity index (χ0n) is 12.3. The van der Waals surface area contributed by atoms with Gasteiger partial charge in [-0.3, -0.25) is 4.79 Å². The molecule has 1 heterocycles. The molecule has 116 valence electrons. The number of hydrogen-bond donors (Lipinski definition) is 2. The molecule has 20 heavy (non-hydrogen) atoms. The molecule has 0 saturated carbocycles. The number of carbonyl (C=O) groups excluding carboxylic acids is 1. The maximum atomic E-state index is 12.4. The van der Waals surface area contributed by atoms with Crippen LogP contribution in [-0.2, 0) is 9.53 Å². The van der Waals surface area contributed by atoms with Crippen LogP contribution in [-0.4, -0.2) is 80.4 Å². The number of amides is 2. The first kappa shape index (κ1) is 16.7. The van der Waals surface area contributed by atoms with Crippen molar-refractivity contribution in [3.8, 4) is 0 Å². The molecule has 2 amide bonds. The SMILES string of the molecule is CNCC1CCCN(C(=O)N(CCOC)CC(=O)O)C1. The van der Waals surface area contributed by atoms with Crippen molar-refractivity contribution in [1.82, 2.24) is 15.1 Å². The lowest BCUT2D eigenvalue weighted by Crippen LogP contribution is -2.50. The Bertz CT molecular complexity index is 323. The molecule has 1 saturated heterocycles. The molecule has 0 aliphatic carbocycles. The molecular weight excluding hydrogens is 262 g/mol. The Hall–Kier alpha value is -1.34. The number of carboxylic acids is 1. The maximum absolute atomic E-state index is 12.4. The van der Waals surface area contributed by atoms with E-state index in [0.29, 0.717) is 32.2 Å². The molecule has 1 unspecified atom stereocenters. The number of likely N-dealkylation sites (tertiary alicyclic amines) is 1. The van der Waals surface area contributed by atoms with E-state index in [4.69, 9.17) is 9.84 Å². The molecule has 7 heteroatoms. The van der Waals surface area contributed by atoms with E-state index < -0.39 is 5.97 Å². The minimum atomic E-state index is -1.00. The van der Waals surface area contributed by atoms with Gasteiger partial charge in [0.15, 0.2) is 0 Å². The minimum absolute atomic E-state index is 0.203. The number of carboxylic acid groups (broad SMARTS) is 1. The average molecular weight is 287 g/mol. The van der Waals surface area contributed by atoms with Crippen LogP contribution < -0.4 is 5.32 Å². The lowest BCUT2D eigenvalue weighted by molar-refractivity contribution is -0.137. The quantitative estimate of drug-likeness (QED) is 0.692. The van der Waals surface area contributed by atoms with E-state index in [1.165, 1.54) is 12.0 Å². The van der Waals surface area contributed by atoms with E-state index in [2.05, 4.69) is 5.32 Å². The molecule has 0 bridgehead atoms. The molecule has 1 atom stereocenters. The highest BCUT2D eigenvalue weighted by atomic mass is 16.5. The van der Waals surface area contributed by atoms with Crippen LogP contribution in [0.1, 0.15) is 12.8 Å². The molecule has 1 rings (SSSR count). The summed E-state index contributed by atoms with van der Waals surface area (Å²) in [5.41, 5.74) is 0. The van der Waals surface area contributed by atoms with Gasteiger partial charge in [-0.2, -0.15) is 0 Å². The third-order valence-electron chi connectivity index (χ3n) is 3.44. The van der Waals surface area contributed by atoms with Crippen molar-refractivity contribution in [2.75, 3.05) is 53.5 Å². The maximum Gasteiger partial charge on any atom is 0.323 e. The summed E-state index contributed by atoms with van der Waals surface area (Å²) in [5, 5.41) is 12.0. The fraction of sp³-hybridized carbons (Fsp3) is 0.846. The molecule has 0 aromatic carbocycles. The molecule has 0 aromatic rings. The predicted octanol–water partition coefficient (Wildman–Crippen LogP) is 0.0708. The predicted molar refractivity (Wildman–Crippen MR) is 74.7 cm³/mol. The lowest BCUT2D eigenvalue weighted by Gasteiger charge is -2.36. The van der Waals surface area contributed by atoms with Gasteiger partial charge in [0.2, 0.25) is 0 Å². The number of carbonyl (C=O) groups is 2. The van der Waals surface area contributed by atoms with E-state index in [-0.39, 0.29) is 12.6 Å². The van der Waals surface area contributed by atoms with Crippen molar-refractivity contribution in [1.29, 1.82) is 0 Å². The van der Waals surface area contributed by atoms with Gasteiger partial charge in [0.1, 0.15) is 6.54 Å². The topological polar surface area (TPSA) is 82.1 Å². The molecule has 1 fully saturated rings. The van der Waals surface area contributed by atoms with E-state index in [1.807, 2.05) is 7.05 Å². The van der Waals surface area contributed by atoms with E-state index in [9.17, 15) is 9.59 Å². The largest absolute Gasteiger partial charge is 0.480 e. The molecule has 1 aliphatic rings. The standard InChI is InChI=1S/C13H25N3O4/c1-14-8-11-4-3-5-15(9-11)13(19)16(6-7-20-2)10-12(17)18/h11,14H,3-10H2,1-2H3,(H,17,18). The Labute approximate surface area is 119 Å². The van der Waals surface area contributed by atoms with Crippen molar-refractivity contribution in [3.05, 3.63) is 0 Å². The van der Waals surface area contributed by atoms with Gasteiger partial charge in [-0.15, -0.1) is 0 Å². The summed E-state index contributed by atoms with van der Waals surface area (Å²) in [6.07, 6.45) is 2.06. The first-order valence-corrected chi connectivity index (χ1v) is 6.97. The number of urea groups is 1. The highest BCUT2D eigenvalue weighted by Crippen LogP contribution is 2.17. The zero-order valence-corrected chi connectivity index (χ0v) is 12.3. The third kappa shape index (κ3) is 5.34. The van der Waals surface area contributed by atoms with Crippen molar-refractivity contribution < 1.29 is 19.4 Å². The van der Waals surface area contributed by atoms with Gasteiger partial charge in [0.05, 0.1) is 6.61 Å². The number of nitrogens with one attached hydrogen (secondary N) is 1. The summed E-state index contributed by atoms with van der Waals surface area (Å²) < 4.78 is 4.94. The lowest BCUT2D eigenvalue weighted by atomic mass is 9.98. The third-order valence-corrected chi connectivity index (χ3v) is 3.44. The van der Waals surface area contributed by atoms with Crippen LogP contribution in [0.15, 0.2) is 0 Å². The van der Waals surface area contributed by atoms with Crippen molar-refractivity contribution in [3.63, 3.8) is 0 Å². The fourth-order valence-corrected chi connectivity index (χ4v) is 2.50. The van der Waals surface area contributed by atoms with Gasteiger partial charge < -0.3 is 25.0 Å². The Morgan fingerprint density at radius 1 is 1.50 bits per heavy atom. The van der Waals surface area contributed by atoms with Crippen molar-refractivity contribution in [2.45, 2.75) is 12.8 Å². The second-order valence-electron chi connectivity index (χ2n) is 5.10. The Morgan fingerprint density at radius 3 is 2.85 bits per heavy atom. The number of rotatable bonds is 7. The number of aliphatic carboxylic acids is 1. The van der Waals surface area contributed by atoms with Crippen LogP contribution in [0.4, 0.5) is 4.79 Å². The Kier molecular flexibility index (Phi) is 7.32. The zero-order chi connectivity index (χ0) is 15.0. The van der Waals surface area contributed by atoms with Gasteiger partial charge in [-0.05, 0) is 32.4 Å². The molecule has 1 aliphatic heterocycles. The summed E-state index contributed by atoms with van der Waals surface area (Å²) in [4.78, 5) is 26.4. The van der Waals surface area contributed by atoms with Crippen LogP contribution in [0.2, 0.25) is 0 Å². The summed E-state index contributed by atoms with van der Waals surface area (Å²) in [5.74, 6) is -0.565. The number of hydrogen-bond acceptors (Lipinski definition) is 4. The molecule has 0 aromatic heterocycles. The smallest absolute Gasteiger partial charge is 0.323 e. The van der Waals surface area contributed by atoms with Crippen LogP contribution in [0.5, 0.6) is 0 Å². The summed E-state index contributed by atoms with van der Waals surface area (Å²) in [7, 11) is 3.43. The number of nitrogens with zero attached hydrogens (tertiary/aromatic N) is 2. The Morgan fingerprint density at radius 2 is 2.25 bits per heavy atom.